The van der Waals surface area contributed by atoms with Crippen LogP contribution in [0, 0.1) is 0 Å². The Morgan fingerprint density at radius 1 is 1.33 bits per heavy atom. The first-order chi connectivity index (χ1) is 6.82. The van der Waals surface area contributed by atoms with E-state index in [1.807, 2.05) is 0 Å². The summed E-state index contributed by atoms with van der Waals surface area (Å²) in [5, 5.41) is 0. The minimum atomic E-state index is -0.902. The Morgan fingerprint density at radius 3 is 2.40 bits per heavy atom. The van der Waals surface area contributed by atoms with Gasteiger partial charge in [0.25, 0.3) is 0 Å². The van der Waals surface area contributed by atoms with Crippen molar-refractivity contribution in [3.63, 3.8) is 0 Å². The van der Waals surface area contributed by atoms with Crippen molar-refractivity contribution in [2.75, 3.05) is 0 Å². The number of carbonyl (C=O) groups excluding carboxylic acids is 2. The third kappa shape index (κ3) is 3.08. The molecule has 1 rings (SSSR count). The van der Waals surface area contributed by atoms with Crippen LogP contribution in [0.3, 0.4) is 0 Å². The molecule has 0 aromatic rings. The van der Waals surface area contributed by atoms with E-state index in [2.05, 4.69) is 0 Å². The SMILES string of the molecule is CC(=O)CCC1=C(C)OC(C)(C)OC1=O. The number of ether oxygens (including phenoxy) is 2. The molecule has 15 heavy (non-hydrogen) atoms. The monoisotopic (exact) mass is 212 g/mol. The third-order valence-corrected chi connectivity index (χ3v) is 2.14. The van der Waals surface area contributed by atoms with Crippen molar-refractivity contribution >= 4 is 11.8 Å². The lowest BCUT2D eigenvalue weighted by molar-refractivity contribution is -0.207. The summed E-state index contributed by atoms with van der Waals surface area (Å²) >= 11 is 0. The van der Waals surface area contributed by atoms with Crippen LogP contribution in [0.4, 0.5) is 0 Å². The quantitative estimate of drug-likeness (QED) is 0.671. The minimum absolute atomic E-state index is 0.0490. The van der Waals surface area contributed by atoms with Crippen molar-refractivity contribution < 1.29 is 19.1 Å². The zero-order valence-electron chi connectivity index (χ0n) is 9.55. The van der Waals surface area contributed by atoms with Gasteiger partial charge in [0, 0.05) is 20.3 Å². The molecule has 1 aliphatic heterocycles. The largest absolute Gasteiger partial charge is 0.457 e. The van der Waals surface area contributed by atoms with Gasteiger partial charge in [0.1, 0.15) is 11.5 Å². The van der Waals surface area contributed by atoms with Gasteiger partial charge in [0.15, 0.2) is 0 Å². The molecule has 0 N–H and O–H groups in total. The van der Waals surface area contributed by atoms with Crippen LogP contribution in [-0.2, 0) is 19.1 Å². The third-order valence-electron chi connectivity index (χ3n) is 2.14. The summed E-state index contributed by atoms with van der Waals surface area (Å²) in [6.45, 7) is 6.57. The van der Waals surface area contributed by atoms with Gasteiger partial charge in [-0.05, 0) is 20.3 Å². The average molecular weight is 212 g/mol. The molecule has 0 saturated carbocycles. The van der Waals surface area contributed by atoms with Gasteiger partial charge in [0.2, 0.25) is 5.79 Å². The Balaban J connectivity index is 2.78. The van der Waals surface area contributed by atoms with Crippen molar-refractivity contribution in [2.45, 2.75) is 46.3 Å². The molecule has 0 bridgehead atoms. The molecule has 0 radical (unpaired) electrons. The predicted octanol–water partition coefficient (Wildman–Crippen LogP) is 1.94. The Morgan fingerprint density at radius 2 is 1.93 bits per heavy atom. The van der Waals surface area contributed by atoms with Gasteiger partial charge in [-0.1, -0.05) is 0 Å². The molecular weight excluding hydrogens is 196 g/mol. The van der Waals surface area contributed by atoms with E-state index in [9.17, 15) is 9.59 Å². The van der Waals surface area contributed by atoms with Gasteiger partial charge in [-0.2, -0.15) is 0 Å². The molecular formula is C11H16O4. The molecule has 0 aliphatic carbocycles. The Hall–Kier alpha value is -1.32. The van der Waals surface area contributed by atoms with Crippen LogP contribution in [0.2, 0.25) is 0 Å². The highest BCUT2D eigenvalue weighted by atomic mass is 16.7. The highest BCUT2D eigenvalue weighted by Gasteiger charge is 2.33. The van der Waals surface area contributed by atoms with Gasteiger partial charge >= 0.3 is 5.97 Å². The molecule has 4 nitrogen and oxygen atoms in total. The van der Waals surface area contributed by atoms with Crippen LogP contribution in [0.15, 0.2) is 11.3 Å². The second-order valence-electron chi connectivity index (χ2n) is 4.13. The number of allylic oxidation sites excluding steroid dienone is 1. The first kappa shape index (κ1) is 11.8. The first-order valence-corrected chi connectivity index (χ1v) is 4.93. The van der Waals surface area contributed by atoms with E-state index in [4.69, 9.17) is 9.47 Å². The highest BCUT2D eigenvalue weighted by Crippen LogP contribution is 2.28. The molecule has 0 spiro atoms. The van der Waals surface area contributed by atoms with Crippen molar-refractivity contribution in [2.24, 2.45) is 0 Å². The molecule has 0 unspecified atom stereocenters. The minimum Gasteiger partial charge on any atom is -0.457 e. The Kier molecular flexibility index (Phi) is 3.17. The van der Waals surface area contributed by atoms with E-state index in [0.717, 1.165) is 0 Å². The Labute approximate surface area is 89.2 Å². The van der Waals surface area contributed by atoms with E-state index in [1.165, 1.54) is 6.92 Å². The maximum Gasteiger partial charge on any atom is 0.340 e. The number of carbonyl (C=O) groups is 2. The normalized spacial score (nSPS) is 19.6. The lowest BCUT2D eigenvalue weighted by Crippen LogP contribution is -2.36. The summed E-state index contributed by atoms with van der Waals surface area (Å²) in [4.78, 5) is 22.4. The molecule has 1 aliphatic rings. The molecule has 0 atom stereocenters. The smallest absolute Gasteiger partial charge is 0.340 e. The van der Waals surface area contributed by atoms with E-state index in [1.54, 1.807) is 20.8 Å². The maximum absolute atomic E-state index is 11.6. The number of rotatable bonds is 3. The molecule has 0 fully saturated rings. The lowest BCUT2D eigenvalue weighted by atomic mass is 10.1. The number of Topliss-reactive ketones (excluding diaryl/α,β-unsaturated/α-hetero) is 1. The lowest BCUT2D eigenvalue weighted by Gasteiger charge is -2.32. The summed E-state index contributed by atoms with van der Waals surface area (Å²) in [6.07, 6.45) is 0.724. The van der Waals surface area contributed by atoms with Crippen LogP contribution >= 0.6 is 0 Å². The second kappa shape index (κ2) is 4.04. The summed E-state index contributed by atoms with van der Waals surface area (Å²) in [5.74, 6) is -0.684. The maximum atomic E-state index is 11.6. The Bertz CT molecular complexity index is 325. The van der Waals surface area contributed by atoms with E-state index in [-0.39, 0.29) is 11.8 Å². The zero-order valence-corrected chi connectivity index (χ0v) is 9.55. The second-order valence-corrected chi connectivity index (χ2v) is 4.13. The molecule has 84 valence electrons. The van der Waals surface area contributed by atoms with Crippen LogP contribution < -0.4 is 0 Å². The summed E-state index contributed by atoms with van der Waals surface area (Å²) < 4.78 is 10.5. The number of ketones is 1. The summed E-state index contributed by atoms with van der Waals surface area (Å²) in [7, 11) is 0. The van der Waals surface area contributed by atoms with Crippen molar-refractivity contribution in [1.82, 2.24) is 0 Å². The number of cyclic esters (lactones) is 1. The van der Waals surface area contributed by atoms with E-state index >= 15 is 0 Å². The van der Waals surface area contributed by atoms with Gasteiger partial charge in [-0.25, -0.2) is 4.79 Å². The van der Waals surface area contributed by atoms with Gasteiger partial charge < -0.3 is 14.3 Å². The van der Waals surface area contributed by atoms with Crippen molar-refractivity contribution in [1.29, 1.82) is 0 Å². The highest BCUT2D eigenvalue weighted by molar-refractivity contribution is 5.90. The molecule has 0 saturated heterocycles. The fourth-order valence-electron chi connectivity index (χ4n) is 1.46. The van der Waals surface area contributed by atoms with Gasteiger partial charge in [0.05, 0.1) is 5.57 Å². The number of esters is 1. The molecule has 0 amide bonds. The van der Waals surface area contributed by atoms with Crippen molar-refractivity contribution in [3.8, 4) is 0 Å². The topological polar surface area (TPSA) is 52.6 Å². The van der Waals surface area contributed by atoms with Crippen LogP contribution in [0.25, 0.3) is 0 Å². The first-order valence-electron chi connectivity index (χ1n) is 4.93. The average Bonchev–Trinajstić information content (AvgIpc) is 1.98. The molecule has 4 heteroatoms. The van der Waals surface area contributed by atoms with Crippen LogP contribution in [0.1, 0.15) is 40.5 Å². The number of hydrogen-bond acceptors (Lipinski definition) is 4. The van der Waals surface area contributed by atoms with Crippen molar-refractivity contribution in [3.05, 3.63) is 11.3 Å². The van der Waals surface area contributed by atoms with Crippen LogP contribution in [-0.4, -0.2) is 17.5 Å². The summed E-state index contributed by atoms with van der Waals surface area (Å²) in [6, 6.07) is 0. The molecule has 1 heterocycles. The van der Waals surface area contributed by atoms with Crippen LogP contribution in [0.5, 0.6) is 0 Å². The van der Waals surface area contributed by atoms with Gasteiger partial charge in [-0.15, -0.1) is 0 Å². The standard InChI is InChI=1S/C11H16O4/c1-7(12)5-6-9-8(2)14-11(3,4)15-10(9)13/h5-6H2,1-4H3. The zero-order chi connectivity index (χ0) is 11.6. The van der Waals surface area contributed by atoms with E-state index in [0.29, 0.717) is 24.2 Å². The van der Waals surface area contributed by atoms with E-state index < -0.39 is 5.79 Å². The molecule has 0 aromatic heterocycles. The molecule has 0 aromatic carbocycles. The fraction of sp³-hybridized carbons (Fsp3) is 0.636. The fourth-order valence-corrected chi connectivity index (χ4v) is 1.46. The van der Waals surface area contributed by atoms with Gasteiger partial charge in [-0.3, -0.25) is 0 Å². The summed E-state index contributed by atoms with van der Waals surface area (Å²) in [5.41, 5.74) is 0.463. The number of hydrogen-bond donors (Lipinski definition) is 0. The predicted molar refractivity (Wildman–Crippen MR) is 53.9 cm³/mol.